The molecule has 5 heterocycles. The van der Waals surface area contributed by atoms with Crippen LogP contribution < -0.4 is 10.2 Å². The molecule has 2 bridgehead atoms. The van der Waals surface area contributed by atoms with Crippen molar-refractivity contribution in [2.75, 3.05) is 44.2 Å². The second-order valence-corrected chi connectivity index (χ2v) is 7.44. The van der Waals surface area contributed by atoms with Gasteiger partial charge >= 0.3 is 0 Å². The molecule has 0 saturated carbocycles. The molecule has 0 spiro atoms. The Bertz CT molecular complexity index is 733. The van der Waals surface area contributed by atoms with Crippen molar-refractivity contribution in [3.05, 3.63) is 29.3 Å². The number of piperazine rings is 1. The van der Waals surface area contributed by atoms with E-state index < -0.39 is 0 Å². The molecule has 1 aromatic heterocycles. The van der Waals surface area contributed by atoms with Gasteiger partial charge in [0.15, 0.2) is 0 Å². The molecule has 4 nitrogen and oxygen atoms in total. The summed E-state index contributed by atoms with van der Waals surface area (Å²) in [4.78, 5) is 5.17. The number of anilines is 1. The topological polar surface area (TPSA) is 23.4 Å². The first-order chi connectivity index (χ1) is 11.3. The van der Waals surface area contributed by atoms with E-state index in [0.717, 1.165) is 25.6 Å². The van der Waals surface area contributed by atoms with E-state index in [2.05, 4.69) is 44.9 Å². The Morgan fingerprint density at radius 2 is 1.87 bits per heavy atom. The molecule has 122 valence electrons. The summed E-state index contributed by atoms with van der Waals surface area (Å²) in [6.07, 6.45) is 2.68. The lowest BCUT2D eigenvalue weighted by Gasteiger charge is -2.41. The first-order valence-corrected chi connectivity index (χ1v) is 9.10. The number of aromatic nitrogens is 1. The minimum atomic E-state index is 0.785. The first kappa shape index (κ1) is 13.9. The Hall–Kier alpha value is -1.52. The molecular formula is C19H26N4. The van der Waals surface area contributed by atoms with Gasteiger partial charge < -0.3 is 14.8 Å². The molecule has 2 saturated heterocycles. The lowest BCUT2D eigenvalue weighted by Crippen LogP contribution is -2.42. The standard InChI is InChI=1S/C19H26N4/c1-21-17-3-2-14(13-22-10-6-20-7-11-22)12-16(17)18-15-4-8-23(9-5-15)19(18)21/h2-3,12,15,20H,4-11,13H2,1H3. The van der Waals surface area contributed by atoms with Gasteiger partial charge in [-0.3, -0.25) is 4.90 Å². The summed E-state index contributed by atoms with van der Waals surface area (Å²) < 4.78 is 2.44. The zero-order valence-corrected chi connectivity index (χ0v) is 14.0. The fourth-order valence-corrected chi connectivity index (χ4v) is 4.90. The molecular weight excluding hydrogens is 284 g/mol. The second-order valence-electron chi connectivity index (χ2n) is 7.44. The molecule has 0 unspecified atom stereocenters. The molecule has 6 rings (SSSR count). The summed E-state index contributed by atoms with van der Waals surface area (Å²) in [7, 11) is 2.25. The van der Waals surface area contributed by atoms with Crippen molar-refractivity contribution >= 4 is 16.7 Å². The van der Waals surface area contributed by atoms with Gasteiger partial charge in [-0.05, 0) is 36.5 Å². The minimum absolute atomic E-state index is 0.785. The van der Waals surface area contributed by atoms with E-state index in [1.54, 1.807) is 5.56 Å². The predicted molar refractivity (Wildman–Crippen MR) is 95.3 cm³/mol. The highest BCUT2D eigenvalue weighted by atomic mass is 15.3. The van der Waals surface area contributed by atoms with E-state index in [9.17, 15) is 0 Å². The van der Waals surface area contributed by atoms with Crippen LogP contribution in [-0.4, -0.2) is 48.7 Å². The van der Waals surface area contributed by atoms with Gasteiger partial charge in [0.1, 0.15) is 5.82 Å². The van der Waals surface area contributed by atoms with Gasteiger partial charge in [0.05, 0.1) is 0 Å². The summed E-state index contributed by atoms with van der Waals surface area (Å²) >= 11 is 0. The van der Waals surface area contributed by atoms with E-state index in [4.69, 9.17) is 0 Å². The van der Waals surface area contributed by atoms with Crippen LogP contribution in [0.25, 0.3) is 10.9 Å². The fraction of sp³-hybridized carbons (Fsp3) is 0.579. The zero-order chi connectivity index (χ0) is 15.4. The third-order valence-corrected chi connectivity index (χ3v) is 6.09. The number of nitrogens with zero attached hydrogens (tertiary/aromatic N) is 3. The number of fused-ring (bicyclic) bond motifs is 3. The molecule has 2 aromatic rings. The van der Waals surface area contributed by atoms with Gasteiger partial charge in [-0.2, -0.15) is 0 Å². The van der Waals surface area contributed by atoms with Crippen LogP contribution >= 0.6 is 0 Å². The van der Waals surface area contributed by atoms with Crippen molar-refractivity contribution in [3.63, 3.8) is 0 Å². The average molecular weight is 310 g/mol. The minimum Gasteiger partial charge on any atom is -0.358 e. The maximum absolute atomic E-state index is 3.44. The molecule has 1 aromatic carbocycles. The summed E-state index contributed by atoms with van der Waals surface area (Å²) in [6.45, 7) is 8.17. The van der Waals surface area contributed by atoms with E-state index in [-0.39, 0.29) is 0 Å². The summed E-state index contributed by atoms with van der Waals surface area (Å²) in [5, 5.41) is 4.96. The van der Waals surface area contributed by atoms with Crippen LogP contribution in [0.3, 0.4) is 0 Å². The zero-order valence-electron chi connectivity index (χ0n) is 14.0. The molecule has 4 heteroatoms. The number of nitrogens with one attached hydrogen (secondary N) is 1. The normalized spacial score (nSPS) is 22.0. The van der Waals surface area contributed by atoms with E-state index >= 15 is 0 Å². The van der Waals surface area contributed by atoms with Crippen LogP contribution in [0, 0.1) is 0 Å². The second kappa shape index (κ2) is 5.25. The predicted octanol–water partition coefficient (Wildman–Crippen LogP) is 2.28. The molecule has 0 atom stereocenters. The van der Waals surface area contributed by atoms with Crippen molar-refractivity contribution in [3.8, 4) is 0 Å². The number of hydrogen-bond acceptors (Lipinski definition) is 3. The van der Waals surface area contributed by atoms with Gasteiger partial charge in [0, 0.05) is 69.3 Å². The van der Waals surface area contributed by atoms with Gasteiger partial charge in [0.25, 0.3) is 0 Å². The molecule has 2 fully saturated rings. The Labute approximate surface area is 138 Å². The Morgan fingerprint density at radius 3 is 2.65 bits per heavy atom. The highest BCUT2D eigenvalue weighted by Crippen LogP contribution is 2.47. The lowest BCUT2D eigenvalue weighted by molar-refractivity contribution is 0.233. The molecule has 0 radical (unpaired) electrons. The van der Waals surface area contributed by atoms with Crippen molar-refractivity contribution in [1.29, 1.82) is 0 Å². The van der Waals surface area contributed by atoms with Crippen LogP contribution in [0.4, 0.5) is 5.82 Å². The Morgan fingerprint density at radius 1 is 1.09 bits per heavy atom. The summed E-state index contributed by atoms with van der Waals surface area (Å²) in [5.41, 5.74) is 4.53. The van der Waals surface area contributed by atoms with E-state index in [0.29, 0.717) is 0 Å². The maximum Gasteiger partial charge on any atom is 0.112 e. The van der Waals surface area contributed by atoms with Crippen LogP contribution in [-0.2, 0) is 13.6 Å². The van der Waals surface area contributed by atoms with Crippen molar-refractivity contribution in [2.45, 2.75) is 25.3 Å². The number of rotatable bonds is 2. The number of aryl methyl sites for hydroxylation is 1. The lowest BCUT2D eigenvalue weighted by atomic mass is 9.84. The maximum atomic E-state index is 3.44. The monoisotopic (exact) mass is 310 g/mol. The Kier molecular flexibility index (Phi) is 3.17. The summed E-state index contributed by atoms with van der Waals surface area (Å²) in [5.74, 6) is 2.29. The van der Waals surface area contributed by atoms with Gasteiger partial charge in [0.2, 0.25) is 0 Å². The number of hydrogen-bond donors (Lipinski definition) is 1. The number of piperidine rings is 1. The van der Waals surface area contributed by atoms with Crippen molar-refractivity contribution in [2.24, 2.45) is 7.05 Å². The van der Waals surface area contributed by atoms with Crippen molar-refractivity contribution in [1.82, 2.24) is 14.8 Å². The highest BCUT2D eigenvalue weighted by molar-refractivity contribution is 5.92. The third-order valence-electron chi connectivity index (χ3n) is 6.09. The smallest absolute Gasteiger partial charge is 0.112 e. The molecule has 4 aliphatic rings. The van der Waals surface area contributed by atoms with Gasteiger partial charge in [-0.15, -0.1) is 0 Å². The molecule has 1 N–H and O–H groups in total. The molecule has 0 amide bonds. The SMILES string of the molecule is Cn1c2c(c3cc(CN4CCNCC4)ccc31)C1CCN2CC1. The van der Waals surface area contributed by atoms with Crippen LogP contribution in [0.1, 0.15) is 29.9 Å². The number of benzene rings is 1. The molecule has 23 heavy (non-hydrogen) atoms. The third kappa shape index (κ3) is 2.12. The Balaban J connectivity index is 1.56. The van der Waals surface area contributed by atoms with Crippen LogP contribution in [0.15, 0.2) is 18.2 Å². The summed E-state index contributed by atoms with van der Waals surface area (Å²) in [6, 6.07) is 7.18. The fourth-order valence-electron chi connectivity index (χ4n) is 4.90. The van der Waals surface area contributed by atoms with Crippen LogP contribution in [0.5, 0.6) is 0 Å². The average Bonchev–Trinajstić information content (AvgIpc) is 2.92. The quantitative estimate of drug-likeness (QED) is 0.920. The van der Waals surface area contributed by atoms with Gasteiger partial charge in [-0.25, -0.2) is 0 Å². The first-order valence-electron chi connectivity index (χ1n) is 9.10. The van der Waals surface area contributed by atoms with E-state index in [1.165, 1.54) is 61.3 Å². The van der Waals surface area contributed by atoms with Crippen LogP contribution in [0.2, 0.25) is 0 Å². The van der Waals surface area contributed by atoms with Crippen molar-refractivity contribution < 1.29 is 0 Å². The van der Waals surface area contributed by atoms with E-state index in [1.807, 2.05) is 0 Å². The van der Waals surface area contributed by atoms with Gasteiger partial charge in [-0.1, -0.05) is 6.07 Å². The molecule has 0 aliphatic carbocycles. The largest absolute Gasteiger partial charge is 0.358 e. The highest BCUT2D eigenvalue weighted by Gasteiger charge is 2.35. The molecule has 4 aliphatic heterocycles.